The van der Waals surface area contributed by atoms with Gasteiger partial charge in [0, 0.05) is 13.7 Å². The lowest BCUT2D eigenvalue weighted by atomic mass is 9.80. The smallest absolute Gasteiger partial charge is 0.326 e. The lowest BCUT2D eigenvalue weighted by Crippen LogP contribution is -2.54. The summed E-state index contributed by atoms with van der Waals surface area (Å²) in [5.74, 6) is -1.11. The maximum absolute atomic E-state index is 11.7. The summed E-state index contributed by atoms with van der Waals surface area (Å²) in [6.07, 6.45) is 3.65. The summed E-state index contributed by atoms with van der Waals surface area (Å²) in [6, 6.07) is -1.30. The fourth-order valence-electron chi connectivity index (χ4n) is 2.14. The average Bonchev–Trinajstić information content (AvgIpc) is 2.34. The van der Waals surface area contributed by atoms with Crippen LogP contribution in [0.2, 0.25) is 0 Å². The minimum absolute atomic E-state index is 0.108. The highest BCUT2D eigenvalue weighted by Gasteiger charge is 2.37. The SMILES string of the molecule is CC[C@H](C)[C@H](NC(=O)NCC1(OC)CCC1)C(=O)O. The molecule has 0 unspecified atom stereocenters. The highest BCUT2D eigenvalue weighted by molar-refractivity contribution is 5.82. The van der Waals surface area contributed by atoms with Crippen molar-refractivity contribution in [2.45, 2.75) is 51.2 Å². The number of nitrogens with one attached hydrogen (secondary N) is 2. The number of carboxylic acids is 1. The zero-order valence-corrected chi connectivity index (χ0v) is 11.9. The molecule has 0 aromatic carbocycles. The Hall–Kier alpha value is -1.30. The number of hydrogen-bond acceptors (Lipinski definition) is 3. The van der Waals surface area contributed by atoms with E-state index in [4.69, 9.17) is 9.84 Å². The van der Waals surface area contributed by atoms with Crippen molar-refractivity contribution in [3.63, 3.8) is 0 Å². The van der Waals surface area contributed by atoms with Crippen LogP contribution < -0.4 is 10.6 Å². The van der Waals surface area contributed by atoms with E-state index in [0.717, 1.165) is 19.3 Å². The second-order valence-corrected chi connectivity index (χ2v) is 5.27. The lowest BCUT2D eigenvalue weighted by molar-refractivity contribution is -0.140. The Morgan fingerprint density at radius 1 is 1.42 bits per heavy atom. The third kappa shape index (κ3) is 4.09. The molecule has 0 spiro atoms. The third-order valence-corrected chi connectivity index (χ3v) is 4.03. The van der Waals surface area contributed by atoms with E-state index in [0.29, 0.717) is 13.0 Å². The van der Waals surface area contributed by atoms with E-state index in [-0.39, 0.29) is 11.5 Å². The highest BCUT2D eigenvalue weighted by Crippen LogP contribution is 2.34. The standard InChI is InChI=1S/C13H24N2O4/c1-4-9(2)10(11(16)17)15-12(18)14-8-13(19-3)6-5-7-13/h9-10H,4-8H2,1-3H3,(H,16,17)(H2,14,15,18)/t9-,10-/m0/s1. The molecule has 0 aliphatic heterocycles. The molecule has 3 N–H and O–H groups in total. The molecular weight excluding hydrogens is 248 g/mol. The molecule has 110 valence electrons. The molecule has 1 rings (SSSR count). The van der Waals surface area contributed by atoms with Crippen molar-refractivity contribution < 1.29 is 19.4 Å². The maximum Gasteiger partial charge on any atom is 0.326 e. The van der Waals surface area contributed by atoms with Crippen LogP contribution in [0.4, 0.5) is 4.79 Å². The van der Waals surface area contributed by atoms with Crippen LogP contribution in [0.25, 0.3) is 0 Å². The van der Waals surface area contributed by atoms with Crippen molar-refractivity contribution in [1.29, 1.82) is 0 Å². The fraction of sp³-hybridized carbons (Fsp3) is 0.846. The Kier molecular flexibility index (Phi) is 5.60. The Morgan fingerprint density at radius 3 is 2.42 bits per heavy atom. The Labute approximate surface area is 113 Å². The van der Waals surface area contributed by atoms with Gasteiger partial charge in [-0.1, -0.05) is 20.3 Å². The fourth-order valence-corrected chi connectivity index (χ4v) is 2.14. The van der Waals surface area contributed by atoms with E-state index in [1.54, 1.807) is 7.11 Å². The first-order chi connectivity index (χ1) is 8.94. The van der Waals surface area contributed by atoms with E-state index in [2.05, 4.69) is 10.6 Å². The van der Waals surface area contributed by atoms with Gasteiger partial charge in [-0.2, -0.15) is 0 Å². The molecule has 0 bridgehead atoms. The van der Waals surface area contributed by atoms with Crippen LogP contribution in [-0.4, -0.2) is 42.4 Å². The van der Waals surface area contributed by atoms with E-state index in [1.807, 2.05) is 13.8 Å². The Balaban J connectivity index is 2.42. The topological polar surface area (TPSA) is 87.7 Å². The molecular formula is C13H24N2O4. The van der Waals surface area contributed by atoms with Crippen molar-refractivity contribution in [3.05, 3.63) is 0 Å². The molecule has 6 nitrogen and oxygen atoms in total. The van der Waals surface area contributed by atoms with Gasteiger partial charge in [-0.3, -0.25) is 0 Å². The lowest BCUT2D eigenvalue weighted by Gasteiger charge is -2.40. The Bertz CT molecular complexity index is 323. The first-order valence-electron chi connectivity index (χ1n) is 6.76. The van der Waals surface area contributed by atoms with Crippen molar-refractivity contribution in [2.75, 3.05) is 13.7 Å². The monoisotopic (exact) mass is 272 g/mol. The number of hydrogen-bond donors (Lipinski definition) is 3. The quantitative estimate of drug-likeness (QED) is 0.653. The number of amides is 2. The van der Waals surface area contributed by atoms with Crippen molar-refractivity contribution in [1.82, 2.24) is 10.6 Å². The first kappa shape index (κ1) is 15.8. The predicted molar refractivity (Wildman–Crippen MR) is 71.0 cm³/mol. The second kappa shape index (κ2) is 6.75. The second-order valence-electron chi connectivity index (χ2n) is 5.27. The minimum Gasteiger partial charge on any atom is -0.480 e. The van der Waals surface area contributed by atoms with Gasteiger partial charge < -0.3 is 20.5 Å². The molecule has 0 heterocycles. The van der Waals surface area contributed by atoms with Gasteiger partial charge in [0.15, 0.2) is 0 Å². The van der Waals surface area contributed by atoms with Crippen LogP contribution in [0.15, 0.2) is 0 Å². The molecule has 0 aromatic heterocycles. The summed E-state index contributed by atoms with van der Waals surface area (Å²) < 4.78 is 5.39. The van der Waals surface area contributed by atoms with Crippen LogP contribution in [-0.2, 0) is 9.53 Å². The molecule has 2 atom stereocenters. The van der Waals surface area contributed by atoms with Gasteiger partial charge in [0.25, 0.3) is 0 Å². The average molecular weight is 272 g/mol. The molecule has 0 radical (unpaired) electrons. The number of carbonyl (C=O) groups excluding carboxylic acids is 1. The molecule has 0 saturated heterocycles. The van der Waals surface area contributed by atoms with Crippen LogP contribution in [0.3, 0.4) is 0 Å². The summed E-state index contributed by atoms with van der Waals surface area (Å²) in [4.78, 5) is 22.8. The van der Waals surface area contributed by atoms with E-state index in [9.17, 15) is 9.59 Å². The molecule has 6 heteroatoms. The van der Waals surface area contributed by atoms with Crippen LogP contribution in [0.5, 0.6) is 0 Å². The third-order valence-electron chi connectivity index (χ3n) is 4.03. The van der Waals surface area contributed by atoms with Gasteiger partial charge in [-0.15, -0.1) is 0 Å². The van der Waals surface area contributed by atoms with Crippen LogP contribution in [0, 0.1) is 5.92 Å². The van der Waals surface area contributed by atoms with Gasteiger partial charge in [-0.25, -0.2) is 9.59 Å². The number of carboxylic acid groups (broad SMARTS) is 1. The number of ether oxygens (including phenoxy) is 1. The largest absolute Gasteiger partial charge is 0.480 e. The van der Waals surface area contributed by atoms with Crippen LogP contribution in [0.1, 0.15) is 39.5 Å². The number of urea groups is 1. The number of carbonyl (C=O) groups is 2. The van der Waals surface area contributed by atoms with E-state index in [1.165, 1.54) is 0 Å². The summed E-state index contributed by atoms with van der Waals surface area (Å²) in [5.41, 5.74) is -0.258. The number of methoxy groups -OCH3 is 1. The molecule has 1 saturated carbocycles. The molecule has 19 heavy (non-hydrogen) atoms. The summed E-state index contributed by atoms with van der Waals surface area (Å²) in [7, 11) is 1.64. The normalized spacial score (nSPS) is 19.9. The maximum atomic E-state index is 11.7. The van der Waals surface area contributed by atoms with Gasteiger partial charge in [0.1, 0.15) is 6.04 Å². The summed E-state index contributed by atoms with van der Waals surface area (Å²) >= 11 is 0. The number of aliphatic carboxylic acids is 1. The summed E-state index contributed by atoms with van der Waals surface area (Å²) in [6.45, 7) is 4.12. The highest BCUT2D eigenvalue weighted by atomic mass is 16.5. The minimum atomic E-state index is -1.01. The molecule has 1 aliphatic carbocycles. The zero-order chi connectivity index (χ0) is 14.5. The van der Waals surface area contributed by atoms with Crippen molar-refractivity contribution >= 4 is 12.0 Å². The van der Waals surface area contributed by atoms with Gasteiger partial charge in [0.05, 0.1) is 5.60 Å². The molecule has 2 amide bonds. The first-order valence-corrected chi connectivity index (χ1v) is 6.76. The van der Waals surface area contributed by atoms with Gasteiger partial charge >= 0.3 is 12.0 Å². The van der Waals surface area contributed by atoms with Crippen LogP contribution >= 0.6 is 0 Å². The van der Waals surface area contributed by atoms with Crippen molar-refractivity contribution in [3.8, 4) is 0 Å². The number of rotatable bonds is 7. The van der Waals surface area contributed by atoms with E-state index < -0.39 is 18.0 Å². The molecule has 1 fully saturated rings. The van der Waals surface area contributed by atoms with Gasteiger partial charge in [0.2, 0.25) is 0 Å². The van der Waals surface area contributed by atoms with E-state index >= 15 is 0 Å². The van der Waals surface area contributed by atoms with Crippen molar-refractivity contribution in [2.24, 2.45) is 5.92 Å². The summed E-state index contributed by atoms with van der Waals surface area (Å²) in [5, 5.41) is 14.3. The predicted octanol–water partition coefficient (Wildman–Crippen LogP) is 1.35. The Morgan fingerprint density at radius 2 is 2.05 bits per heavy atom. The molecule has 0 aromatic rings. The van der Waals surface area contributed by atoms with Gasteiger partial charge in [-0.05, 0) is 25.2 Å². The zero-order valence-electron chi connectivity index (χ0n) is 11.9. The molecule has 1 aliphatic rings.